The fourth-order valence-electron chi connectivity index (χ4n) is 2.36. The van der Waals surface area contributed by atoms with Crippen LogP contribution in [0.4, 0.5) is 11.9 Å². The second-order valence-corrected chi connectivity index (χ2v) is 5.76. The van der Waals surface area contributed by atoms with Crippen molar-refractivity contribution in [3.05, 3.63) is 5.28 Å². The summed E-state index contributed by atoms with van der Waals surface area (Å²) in [5.74, 6) is 1.22. The van der Waals surface area contributed by atoms with Gasteiger partial charge in [0, 0.05) is 31.7 Å². The Balaban J connectivity index is 2.17. The first kappa shape index (κ1) is 15.3. The minimum absolute atomic E-state index is 0.243. The Morgan fingerprint density at radius 2 is 1.85 bits per heavy atom. The van der Waals surface area contributed by atoms with Crippen LogP contribution in [-0.2, 0) is 0 Å². The second-order valence-electron chi connectivity index (χ2n) is 5.42. The Bertz CT molecular complexity index is 442. The molecule has 2 unspecified atom stereocenters. The van der Waals surface area contributed by atoms with Crippen molar-refractivity contribution < 1.29 is 0 Å². The molecule has 0 radical (unpaired) electrons. The molecule has 20 heavy (non-hydrogen) atoms. The SMILES string of the molecule is CCCNc1nc(Cl)nc(N2CC(C)N(C)C(C)C2)n1. The smallest absolute Gasteiger partial charge is 0.231 e. The van der Waals surface area contributed by atoms with Gasteiger partial charge in [0.25, 0.3) is 0 Å². The lowest BCUT2D eigenvalue weighted by Gasteiger charge is -2.42. The zero-order chi connectivity index (χ0) is 14.7. The molecule has 0 aliphatic carbocycles. The molecule has 0 spiro atoms. The summed E-state index contributed by atoms with van der Waals surface area (Å²) in [5.41, 5.74) is 0. The van der Waals surface area contributed by atoms with Gasteiger partial charge in [-0.15, -0.1) is 0 Å². The van der Waals surface area contributed by atoms with E-state index in [0.29, 0.717) is 24.0 Å². The molecule has 2 atom stereocenters. The summed E-state index contributed by atoms with van der Waals surface area (Å²) in [4.78, 5) is 17.4. The van der Waals surface area contributed by atoms with E-state index in [4.69, 9.17) is 11.6 Å². The van der Waals surface area contributed by atoms with E-state index >= 15 is 0 Å². The summed E-state index contributed by atoms with van der Waals surface area (Å²) < 4.78 is 0. The fourth-order valence-corrected chi connectivity index (χ4v) is 2.52. The number of rotatable bonds is 4. The molecule has 1 fully saturated rings. The van der Waals surface area contributed by atoms with Gasteiger partial charge in [0.2, 0.25) is 17.2 Å². The highest BCUT2D eigenvalue weighted by Crippen LogP contribution is 2.20. The monoisotopic (exact) mass is 298 g/mol. The van der Waals surface area contributed by atoms with E-state index in [1.165, 1.54) is 0 Å². The number of nitrogens with one attached hydrogen (secondary N) is 1. The molecule has 0 aromatic carbocycles. The highest BCUT2D eigenvalue weighted by atomic mass is 35.5. The molecule has 2 heterocycles. The number of hydrogen-bond donors (Lipinski definition) is 1. The fraction of sp³-hybridized carbons (Fsp3) is 0.769. The van der Waals surface area contributed by atoms with Gasteiger partial charge in [-0.25, -0.2) is 0 Å². The molecule has 1 aromatic rings. The van der Waals surface area contributed by atoms with Crippen molar-refractivity contribution in [2.75, 3.05) is 36.9 Å². The molecule has 6 nitrogen and oxygen atoms in total. The largest absolute Gasteiger partial charge is 0.354 e. The van der Waals surface area contributed by atoms with Gasteiger partial charge < -0.3 is 10.2 Å². The third kappa shape index (κ3) is 3.49. The number of hydrogen-bond acceptors (Lipinski definition) is 6. The number of halogens is 1. The lowest BCUT2D eigenvalue weighted by molar-refractivity contribution is 0.169. The van der Waals surface area contributed by atoms with Crippen LogP contribution in [0.15, 0.2) is 0 Å². The number of nitrogens with zero attached hydrogens (tertiary/aromatic N) is 5. The highest BCUT2D eigenvalue weighted by Gasteiger charge is 2.28. The van der Waals surface area contributed by atoms with E-state index < -0.39 is 0 Å². The molecule has 0 bridgehead atoms. The van der Waals surface area contributed by atoms with Gasteiger partial charge in [-0.2, -0.15) is 15.0 Å². The summed E-state index contributed by atoms with van der Waals surface area (Å²) in [5, 5.41) is 3.41. The Morgan fingerprint density at radius 1 is 1.20 bits per heavy atom. The molecule has 0 saturated carbocycles. The van der Waals surface area contributed by atoms with Crippen LogP contribution in [-0.4, -0.2) is 58.6 Å². The van der Waals surface area contributed by atoms with Crippen molar-refractivity contribution in [1.82, 2.24) is 19.9 Å². The third-order valence-electron chi connectivity index (χ3n) is 3.77. The van der Waals surface area contributed by atoms with Crippen LogP contribution in [0.3, 0.4) is 0 Å². The number of piperazine rings is 1. The van der Waals surface area contributed by atoms with Crippen LogP contribution in [0.1, 0.15) is 27.2 Å². The Kier molecular flexibility index (Phi) is 4.99. The standard InChI is InChI=1S/C13H23ClN6/c1-5-6-15-12-16-11(14)17-13(18-12)20-7-9(2)19(4)10(3)8-20/h9-10H,5-8H2,1-4H3,(H,15,16,17,18). The van der Waals surface area contributed by atoms with E-state index in [0.717, 1.165) is 26.1 Å². The highest BCUT2D eigenvalue weighted by molar-refractivity contribution is 6.28. The van der Waals surface area contributed by atoms with Crippen LogP contribution in [0.2, 0.25) is 5.28 Å². The lowest BCUT2D eigenvalue weighted by Crippen LogP contribution is -2.55. The van der Waals surface area contributed by atoms with Crippen molar-refractivity contribution in [3.63, 3.8) is 0 Å². The van der Waals surface area contributed by atoms with E-state index in [1.807, 2.05) is 0 Å². The quantitative estimate of drug-likeness (QED) is 0.916. The van der Waals surface area contributed by atoms with E-state index in [9.17, 15) is 0 Å². The molecule has 1 saturated heterocycles. The minimum atomic E-state index is 0.243. The van der Waals surface area contributed by atoms with Gasteiger partial charge in [-0.05, 0) is 38.9 Å². The maximum Gasteiger partial charge on any atom is 0.231 e. The van der Waals surface area contributed by atoms with Crippen LogP contribution in [0.5, 0.6) is 0 Å². The van der Waals surface area contributed by atoms with Gasteiger partial charge in [-0.3, -0.25) is 4.90 Å². The summed E-state index contributed by atoms with van der Waals surface area (Å²) in [6.45, 7) is 9.14. The first-order valence-corrected chi connectivity index (χ1v) is 7.51. The number of anilines is 2. The topological polar surface area (TPSA) is 57.2 Å². The van der Waals surface area contributed by atoms with Crippen molar-refractivity contribution in [1.29, 1.82) is 0 Å². The summed E-state index contributed by atoms with van der Waals surface area (Å²) in [6, 6.07) is 0.919. The van der Waals surface area contributed by atoms with Crippen LogP contribution >= 0.6 is 11.6 Å². The molecule has 1 aliphatic heterocycles. The van der Waals surface area contributed by atoms with Crippen molar-refractivity contribution in [2.45, 2.75) is 39.3 Å². The first-order chi connectivity index (χ1) is 9.51. The minimum Gasteiger partial charge on any atom is -0.354 e. The molecule has 2 rings (SSSR count). The molecule has 0 amide bonds. The Hall–Kier alpha value is -1.14. The Labute approximate surface area is 125 Å². The molecule has 1 N–H and O–H groups in total. The second kappa shape index (κ2) is 6.54. The van der Waals surface area contributed by atoms with E-state index in [1.54, 1.807) is 0 Å². The van der Waals surface area contributed by atoms with Gasteiger partial charge in [0.1, 0.15) is 0 Å². The first-order valence-electron chi connectivity index (χ1n) is 7.13. The predicted molar refractivity (Wildman–Crippen MR) is 82.5 cm³/mol. The van der Waals surface area contributed by atoms with Crippen molar-refractivity contribution >= 4 is 23.5 Å². The maximum atomic E-state index is 6.01. The van der Waals surface area contributed by atoms with Gasteiger partial charge >= 0.3 is 0 Å². The van der Waals surface area contributed by atoms with Crippen molar-refractivity contribution in [2.24, 2.45) is 0 Å². The molecule has 1 aliphatic rings. The van der Waals surface area contributed by atoms with Crippen LogP contribution < -0.4 is 10.2 Å². The van der Waals surface area contributed by atoms with E-state index in [-0.39, 0.29) is 5.28 Å². The Morgan fingerprint density at radius 3 is 2.45 bits per heavy atom. The average Bonchev–Trinajstić information content (AvgIpc) is 2.41. The number of likely N-dealkylation sites (N-methyl/N-ethyl adjacent to an activating group) is 1. The van der Waals surface area contributed by atoms with Crippen LogP contribution in [0, 0.1) is 0 Å². The number of aromatic nitrogens is 3. The summed E-state index contributed by atoms with van der Waals surface area (Å²) in [6.07, 6.45) is 1.02. The average molecular weight is 299 g/mol. The predicted octanol–water partition coefficient (Wildman–Crippen LogP) is 1.88. The van der Waals surface area contributed by atoms with Gasteiger partial charge in [0.05, 0.1) is 0 Å². The van der Waals surface area contributed by atoms with E-state index in [2.05, 4.69) is 57.9 Å². The summed E-state index contributed by atoms with van der Waals surface area (Å²) in [7, 11) is 2.15. The molecule has 1 aromatic heterocycles. The van der Waals surface area contributed by atoms with Gasteiger partial charge in [-0.1, -0.05) is 6.92 Å². The normalized spacial score (nSPS) is 23.9. The maximum absolute atomic E-state index is 6.01. The van der Waals surface area contributed by atoms with Gasteiger partial charge in [0.15, 0.2) is 0 Å². The molecular weight excluding hydrogens is 276 g/mol. The zero-order valence-electron chi connectivity index (χ0n) is 12.6. The summed E-state index contributed by atoms with van der Waals surface area (Å²) >= 11 is 6.01. The zero-order valence-corrected chi connectivity index (χ0v) is 13.4. The third-order valence-corrected chi connectivity index (χ3v) is 3.94. The molecule has 112 valence electrons. The van der Waals surface area contributed by atoms with Crippen LogP contribution in [0.25, 0.3) is 0 Å². The molecule has 7 heteroatoms. The molecular formula is C13H23ClN6. The van der Waals surface area contributed by atoms with Crippen molar-refractivity contribution in [3.8, 4) is 0 Å². The lowest BCUT2D eigenvalue weighted by atomic mass is 10.1.